The number of nitrogens with one attached hydrogen (secondary N) is 5. The maximum absolute atomic E-state index is 15.4. The number of hydrogen-bond donors (Lipinski definition) is 6. The summed E-state index contributed by atoms with van der Waals surface area (Å²) in [4.78, 5) is 189. The van der Waals surface area contributed by atoms with E-state index in [1.165, 1.54) is 56.9 Å². The third-order valence-corrected chi connectivity index (χ3v) is 18.7. The normalized spacial score (nSPS) is 24.8. The Morgan fingerprint density at radius 1 is 0.520 bits per heavy atom. The second-order valence-corrected chi connectivity index (χ2v) is 29.5. The lowest BCUT2D eigenvalue weighted by Crippen LogP contribution is -2.62. The number of carbonyl (C=O) groups excluding carboxylic acids is 12. The third-order valence-electron chi connectivity index (χ3n) is 18.7. The Balaban J connectivity index is 2.00. The van der Waals surface area contributed by atoms with Crippen molar-refractivity contribution in [3.8, 4) is 0 Å². The second-order valence-electron chi connectivity index (χ2n) is 29.5. The Bertz CT molecular complexity index is 3100. The standard InChI is InChI=1S/C75H120N12O15/c1-19-57-65(91)78-55(72(98)86-35-29-24-30-36-86)44-62(89)76-53(39-47(4)5)69(95)84(17)60(42-51-31-25-22-26-32-51)68(94)77-54(40-48(6)7)70(96)82(15)58(20-2)66(92)80-64(50(10)88)74(100)87(37-38-101-21-3)45-63(90)81(14)59(41-49(8)9)67(93)79-56(46-102-75(11,12)13)71(97)85(18)61(73(99)83(57)16)43-52-33-27-23-28-34-52/h22-23,25-28,31-34,47-50,53-61,64,88H,19-21,24,29-30,35-46H2,1-18H3,(H,76,89)(H,77,94)(H,78,91)(H,79,93)(H,80,92)/t50-,53-,54+,55-,56+,57+,58+,59+,60+,61+,64+/m1/s1. The Morgan fingerprint density at radius 3 is 1.45 bits per heavy atom. The number of hydrogen-bond acceptors (Lipinski definition) is 15. The van der Waals surface area contributed by atoms with Gasteiger partial charge in [0.25, 0.3) is 0 Å². The number of carbonyl (C=O) groups is 12. The van der Waals surface area contributed by atoms with E-state index in [9.17, 15) is 33.9 Å². The highest BCUT2D eigenvalue weighted by Gasteiger charge is 2.43. The van der Waals surface area contributed by atoms with E-state index in [1.807, 2.05) is 41.5 Å². The molecule has 570 valence electrons. The molecule has 27 nitrogen and oxygen atoms in total. The Hall–Kier alpha value is -8.04. The van der Waals surface area contributed by atoms with Gasteiger partial charge >= 0.3 is 0 Å². The minimum atomic E-state index is -1.70. The van der Waals surface area contributed by atoms with Gasteiger partial charge in [-0.25, -0.2) is 0 Å². The summed E-state index contributed by atoms with van der Waals surface area (Å²) in [5.41, 5.74) is 0.412. The minimum absolute atomic E-state index is 0.00427. The molecule has 2 saturated heterocycles. The van der Waals surface area contributed by atoms with Crippen molar-refractivity contribution in [3.63, 3.8) is 0 Å². The molecule has 11 atom stereocenters. The van der Waals surface area contributed by atoms with Crippen molar-refractivity contribution in [2.24, 2.45) is 17.8 Å². The van der Waals surface area contributed by atoms with E-state index < -0.39 is 163 Å². The molecule has 0 radical (unpaired) electrons. The number of amides is 12. The Kier molecular flexibility index (Phi) is 35.0. The lowest BCUT2D eigenvalue weighted by Gasteiger charge is -2.37. The molecule has 0 saturated carbocycles. The fourth-order valence-electron chi connectivity index (χ4n) is 12.8. The molecule has 12 amide bonds. The number of likely N-dealkylation sites (N-methyl/N-ethyl adjacent to an activating group) is 5. The van der Waals surface area contributed by atoms with Crippen molar-refractivity contribution in [2.45, 2.75) is 233 Å². The molecule has 0 spiro atoms. The highest BCUT2D eigenvalue weighted by Crippen LogP contribution is 2.22. The molecule has 4 rings (SSSR count). The molecule has 102 heavy (non-hydrogen) atoms. The van der Waals surface area contributed by atoms with Gasteiger partial charge in [0.05, 0.1) is 37.9 Å². The zero-order valence-electron chi connectivity index (χ0n) is 63.9. The molecule has 27 heteroatoms. The van der Waals surface area contributed by atoms with E-state index in [1.54, 1.807) is 107 Å². The first-order valence-electron chi connectivity index (χ1n) is 36.3. The average Bonchev–Trinajstić information content (AvgIpc) is 0.823. The third kappa shape index (κ3) is 26.0. The number of rotatable bonds is 20. The molecule has 6 N–H and O–H groups in total. The number of aliphatic hydroxyl groups is 1. The first-order valence-corrected chi connectivity index (χ1v) is 36.3. The van der Waals surface area contributed by atoms with Gasteiger partial charge < -0.3 is 75.5 Å². The van der Waals surface area contributed by atoms with E-state index >= 15 is 28.8 Å². The number of benzene rings is 2. The van der Waals surface area contributed by atoms with Gasteiger partial charge in [-0.2, -0.15) is 0 Å². The molecule has 2 aliphatic heterocycles. The summed E-state index contributed by atoms with van der Waals surface area (Å²) in [6, 6.07) is 3.90. The van der Waals surface area contributed by atoms with Crippen LogP contribution in [0.1, 0.15) is 159 Å². The molecular formula is C75H120N12O15. The van der Waals surface area contributed by atoms with Crippen LogP contribution in [0, 0.1) is 17.8 Å². The minimum Gasteiger partial charge on any atom is -0.391 e. The highest BCUT2D eigenvalue weighted by molar-refractivity contribution is 6.00. The second kappa shape index (κ2) is 41.3. The van der Waals surface area contributed by atoms with Crippen LogP contribution in [0.3, 0.4) is 0 Å². The van der Waals surface area contributed by atoms with E-state index in [-0.39, 0.29) is 82.5 Å². The van der Waals surface area contributed by atoms with Crippen LogP contribution < -0.4 is 26.6 Å². The smallest absolute Gasteiger partial charge is 0.248 e. The molecule has 2 aromatic carbocycles. The van der Waals surface area contributed by atoms with Crippen molar-refractivity contribution in [2.75, 3.05) is 81.2 Å². The SMILES string of the molecule is CCOCCN1CC(=O)N(C)[C@@H](CC(C)C)C(=O)N[C@@H](COC(C)(C)C)C(=O)N(C)[C@@H](Cc2ccccc2)C(=O)N(C)[C@@H](CC)C(=O)N[C@@H](C(=O)N2CCCCC2)CC(=O)N[C@H](CC(C)C)C(=O)N(C)[C@@H](Cc2ccccc2)C(=O)N[C@@H](CC(C)C)C(=O)N(C)[C@@H](CC)C(=O)N[C@@H]([C@@H](C)O)C1=O. The van der Waals surface area contributed by atoms with E-state index in [2.05, 4.69) is 26.6 Å². The first kappa shape index (κ1) is 86.4. The predicted octanol–water partition coefficient (Wildman–Crippen LogP) is 3.47. The largest absolute Gasteiger partial charge is 0.391 e. The summed E-state index contributed by atoms with van der Waals surface area (Å²) < 4.78 is 11.8. The highest BCUT2D eigenvalue weighted by atomic mass is 16.5. The van der Waals surface area contributed by atoms with E-state index in [0.29, 0.717) is 37.1 Å². The zero-order valence-corrected chi connectivity index (χ0v) is 63.9. The topological polar surface area (TPSA) is 326 Å². The Morgan fingerprint density at radius 2 is 0.961 bits per heavy atom. The van der Waals surface area contributed by atoms with Crippen LogP contribution in [-0.4, -0.2) is 264 Å². The fourth-order valence-corrected chi connectivity index (χ4v) is 12.8. The summed E-state index contributed by atoms with van der Waals surface area (Å²) in [6.45, 7) is 22.1. The monoisotopic (exact) mass is 1430 g/mol. The number of likely N-dealkylation sites (tertiary alicyclic amines) is 1. The van der Waals surface area contributed by atoms with Gasteiger partial charge in [0.2, 0.25) is 70.9 Å². The van der Waals surface area contributed by atoms with Gasteiger partial charge in [0.1, 0.15) is 60.4 Å². The van der Waals surface area contributed by atoms with Gasteiger partial charge in [-0.1, -0.05) is 116 Å². The fraction of sp³-hybridized carbons (Fsp3) is 0.680. The summed E-state index contributed by atoms with van der Waals surface area (Å²) in [7, 11) is 6.97. The summed E-state index contributed by atoms with van der Waals surface area (Å²) in [5, 5.41) is 25.4. The lowest BCUT2D eigenvalue weighted by molar-refractivity contribution is -0.151. The molecule has 2 heterocycles. The van der Waals surface area contributed by atoms with Crippen LogP contribution in [0.5, 0.6) is 0 Å². The van der Waals surface area contributed by atoms with Crippen LogP contribution >= 0.6 is 0 Å². The van der Waals surface area contributed by atoms with Gasteiger partial charge in [-0.15, -0.1) is 0 Å². The number of nitrogens with zero attached hydrogens (tertiary/aromatic N) is 7. The van der Waals surface area contributed by atoms with Crippen molar-refractivity contribution in [1.82, 2.24) is 60.9 Å². The van der Waals surface area contributed by atoms with Gasteiger partial charge in [0, 0.05) is 74.3 Å². The summed E-state index contributed by atoms with van der Waals surface area (Å²) in [5.74, 6) is -9.67. The van der Waals surface area contributed by atoms with Gasteiger partial charge in [0.15, 0.2) is 0 Å². The van der Waals surface area contributed by atoms with Crippen LogP contribution in [0.4, 0.5) is 0 Å². The molecular weight excluding hydrogens is 1310 g/mol. The van der Waals surface area contributed by atoms with Crippen molar-refractivity contribution in [1.29, 1.82) is 0 Å². The molecule has 2 aromatic rings. The first-order chi connectivity index (χ1) is 48.0. The molecule has 0 aromatic heterocycles. The van der Waals surface area contributed by atoms with Crippen LogP contribution in [0.15, 0.2) is 60.7 Å². The number of piperidine rings is 1. The predicted molar refractivity (Wildman–Crippen MR) is 387 cm³/mol. The van der Waals surface area contributed by atoms with Crippen molar-refractivity contribution < 1.29 is 72.1 Å². The average molecular weight is 1430 g/mol. The maximum atomic E-state index is 15.4. The van der Waals surface area contributed by atoms with E-state index in [4.69, 9.17) is 9.47 Å². The van der Waals surface area contributed by atoms with Gasteiger partial charge in [-0.05, 0) is 115 Å². The maximum Gasteiger partial charge on any atom is 0.248 e. The lowest BCUT2D eigenvalue weighted by atomic mass is 9.98. The molecule has 2 aliphatic rings. The zero-order chi connectivity index (χ0) is 76.5. The number of ether oxygens (including phenoxy) is 2. The quantitative estimate of drug-likeness (QED) is 0.103. The number of aliphatic hydroxyl groups excluding tert-OH is 1. The molecule has 0 aliphatic carbocycles. The summed E-state index contributed by atoms with van der Waals surface area (Å²) in [6.07, 6.45) is 0.00278. The summed E-state index contributed by atoms with van der Waals surface area (Å²) >= 11 is 0. The van der Waals surface area contributed by atoms with Crippen LogP contribution in [-0.2, 0) is 79.8 Å². The van der Waals surface area contributed by atoms with E-state index in [0.717, 1.165) is 21.1 Å². The van der Waals surface area contributed by atoms with Crippen molar-refractivity contribution in [3.05, 3.63) is 71.8 Å². The van der Waals surface area contributed by atoms with Gasteiger partial charge in [-0.3, -0.25) is 57.5 Å². The van der Waals surface area contributed by atoms with Crippen molar-refractivity contribution >= 4 is 70.9 Å². The van der Waals surface area contributed by atoms with Crippen LogP contribution in [0.2, 0.25) is 0 Å². The molecule has 2 fully saturated rings. The molecule has 0 bridgehead atoms. The molecule has 0 unspecified atom stereocenters. The Labute approximate surface area is 604 Å². The van der Waals surface area contributed by atoms with Crippen LogP contribution in [0.25, 0.3) is 0 Å².